The van der Waals surface area contributed by atoms with Crippen molar-refractivity contribution in [2.24, 2.45) is 0 Å². The maximum Gasteiger partial charge on any atom is 0.166 e. The van der Waals surface area contributed by atoms with Crippen molar-refractivity contribution in [3.8, 4) is 17.6 Å². The van der Waals surface area contributed by atoms with Gasteiger partial charge in [-0.1, -0.05) is 61.9 Å². The van der Waals surface area contributed by atoms with Crippen LogP contribution in [0.1, 0.15) is 48.4 Å². The first-order chi connectivity index (χ1) is 17.0. The minimum absolute atomic E-state index is 0.238. The van der Waals surface area contributed by atoms with Gasteiger partial charge >= 0.3 is 0 Å². The van der Waals surface area contributed by atoms with Gasteiger partial charge in [-0.05, 0) is 72.2 Å². The van der Waals surface area contributed by atoms with E-state index in [2.05, 4.69) is 18.8 Å². The molecule has 0 saturated carbocycles. The van der Waals surface area contributed by atoms with E-state index < -0.39 is 11.6 Å². The smallest absolute Gasteiger partial charge is 0.166 e. The van der Waals surface area contributed by atoms with Crippen molar-refractivity contribution < 1.29 is 17.9 Å². The third-order valence-electron chi connectivity index (χ3n) is 5.94. The lowest BCUT2D eigenvalue weighted by molar-refractivity contribution is 0.304. The molecule has 0 unspecified atom stereocenters. The van der Waals surface area contributed by atoms with Gasteiger partial charge in [-0.25, -0.2) is 13.2 Å². The number of ether oxygens (including phenoxy) is 1. The minimum atomic E-state index is -0.858. The summed E-state index contributed by atoms with van der Waals surface area (Å²) in [6, 6.07) is 20.6. The molecule has 0 radical (unpaired) electrons. The lowest BCUT2D eigenvalue weighted by Gasteiger charge is -2.09. The highest BCUT2D eigenvalue weighted by molar-refractivity contribution is 5.84. The Hall–Kier alpha value is -3.71. The molecule has 0 aliphatic rings. The topological polar surface area (TPSA) is 9.23 Å². The van der Waals surface area contributed by atoms with Gasteiger partial charge < -0.3 is 4.74 Å². The van der Waals surface area contributed by atoms with Crippen LogP contribution in [-0.2, 0) is 12.8 Å². The van der Waals surface area contributed by atoms with Crippen LogP contribution < -0.4 is 4.74 Å². The third-order valence-corrected chi connectivity index (χ3v) is 5.94. The molecule has 4 aromatic rings. The zero-order valence-corrected chi connectivity index (χ0v) is 19.7. The van der Waals surface area contributed by atoms with E-state index in [0.29, 0.717) is 36.1 Å². The third kappa shape index (κ3) is 6.45. The Labute approximate surface area is 204 Å². The molecule has 4 aromatic carbocycles. The van der Waals surface area contributed by atoms with Crippen LogP contribution in [-0.4, -0.2) is 6.61 Å². The molecule has 4 rings (SSSR count). The van der Waals surface area contributed by atoms with Crippen molar-refractivity contribution in [3.05, 3.63) is 113 Å². The fourth-order valence-corrected chi connectivity index (χ4v) is 3.88. The molecule has 0 atom stereocenters. The molecule has 0 fully saturated rings. The molecule has 178 valence electrons. The SMILES string of the molecule is CCCCCOc1ccc(CCc2ccc(C#Cc3ccc4c(F)c(F)ccc4c3)cc2)c(F)c1. The summed E-state index contributed by atoms with van der Waals surface area (Å²) < 4.78 is 47.3. The van der Waals surface area contributed by atoms with E-state index in [9.17, 15) is 13.2 Å². The van der Waals surface area contributed by atoms with Gasteiger partial charge in [0.15, 0.2) is 11.6 Å². The highest BCUT2D eigenvalue weighted by Gasteiger charge is 2.07. The van der Waals surface area contributed by atoms with E-state index in [0.717, 1.165) is 42.0 Å². The number of unbranched alkanes of at least 4 members (excludes halogenated alkanes) is 2. The zero-order chi connectivity index (χ0) is 24.6. The van der Waals surface area contributed by atoms with Crippen LogP contribution in [0.25, 0.3) is 10.8 Å². The predicted octanol–water partition coefficient (Wildman–Crippen LogP) is 8.01. The second-order valence-electron chi connectivity index (χ2n) is 8.55. The van der Waals surface area contributed by atoms with Gasteiger partial charge in [0.2, 0.25) is 0 Å². The van der Waals surface area contributed by atoms with Gasteiger partial charge in [0.25, 0.3) is 0 Å². The standard InChI is InChI=1S/C31H27F3O/c1-2-3-4-19-35-27-16-14-25(30(33)21-27)13-11-23-7-5-22(6-8-23)9-10-24-12-17-28-26(20-24)15-18-29(32)31(28)34/h5-8,12,14-18,20-21H,2-4,11,13,19H2,1H3. The van der Waals surface area contributed by atoms with Crippen molar-refractivity contribution in [1.29, 1.82) is 0 Å². The van der Waals surface area contributed by atoms with Crippen molar-refractivity contribution in [3.63, 3.8) is 0 Å². The van der Waals surface area contributed by atoms with Crippen LogP contribution >= 0.6 is 0 Å². The summed E-state index contributed by atoms with van der Waals surface area (Å²) in [6.45, 7) is 2.75. The summed E-state index contributed by atoms with van der Waals surface area (Å²) in [5, 5.41) is 0.847. The number of aryl methyl sites for hydroxylation is 2. The molecule has 0 aliphatic heterocycles. The van der Waals surface area contributed by atoms with E-state index in [1.807, 2.05) is 30.3 Å². The Kier molecular flexibility index (Phi) is 8.11. The Morgan fingerprint density at radius 3 is 2.26 bits per heavy atom. The normalized spacial score (nSPS) is 10.7. The first kappa shape index (κ1) is 24.4. The second kappa shape index (κ2) is 11.6. The van der Waals surface area contributed by atoms with E-state index >= 15 is 0 Å². The summed E-state index contributed by atoms with van der Waals surface area (Å²) in [4.78, 5) is 0. The average Bonchev–Trinajstić information content (AvgIpc) is 2.88. The largest absolute Gasteiger partial charge is 0.493 e. The molecule has 0 amide bonds. The summed E-state index contributed by atoms with van der Waals surface area (Å²) in [7, 11) is 0. The van der Waals surface area contributed by atoms with Gasteiger partial charge in [0.05, 0.1) is 6.61 Å². The molecular formula is C31H27F3O. The molecule has 4 heteroatoms. The Bertz CT molecular complexity index is 1360. The molecule has 0 aliphatic carbocycles. The predicted molar refractivity (Wildman–Crippen MR) is 135 cm³/mol. The minimum Gasteiger partial charge on any atom is -0.493 e. The van der Waals surface area contributed by atoms with Gasteiger partial charge in [0, 0.05) is 22.6 Å². The van der Waals surface area contributed by atoms with Crippen LogP contribution in [0.3, 0.4) is 0 Å². The average molecular weight is 473 g/mol. The van der Waals surface area contributed by atoms with E-state index in [-0.39, 0.29) is 11.2 Å². The maximum atomic E-state index is 14.5. The number of hydrogen-bond acceptors (Lipinski definition) is 1. The Morgan fingerprint density at radius 2 is 1.49 bits per heavy atom. The number of hydrogen-bond donors (Lipinski definition) is 0. The summed E-state index contributed by atoms with van der Waals surface area (Å²) in [5.74, 6) is 4.81. The molecular weight excluding hydrogens is 445 g/mol. The number of fused-ring (bicyclic) bond motifs is 1. The van der Waals surface area contributed by atoms with Crippen molar-refractivity contribution in [2.45, 2.75) is 39.0 Å². The van der Waals surface area contributed by atoms with Crippen molar-refractivity contribution in [2.75, 3.05) is 6.61 Å². The lowest BCUT2D eigenvalue weighted by Crippen LogP contribution is -1.99. The van der Waals surface area contributed by atoms with Gasteiger partial charge in [-0.2, -0.15) is 0 Å². The highest BCUT2D eigenvalue weighted by atomic mass is 19.2. The Balaban J connectivity index is 1.35. The summed E-state index contributed by atoms with van der Waals surface area (Å²) in [6.07, 6.45) is 4.52. The number of rotatable bonds is 8. The Morgan fingerprint density at radius 1 is 0.714 bits per heavy atom. The lowest BCUT2D eigenvalue weighted by atomic mass is 10.0. The monoisotopic (exact) mass is 472 g/mol. The summed E-state index contributed by atoms with van der Waals surface area (Å²) in [5.41, 5.74) is 3.33. The van der Waals surface area contributed by atoms with Crippen LogP contribution in [0, 0.1) is 29.3 Å². The first-order valence-corrected chi connectivity index (χ1v) is 11.9. The fourth-order valence-electron chi connectivity index (χ4n) is 3.88. The second-order valence-corrected chi connectivity index (χ2v) is 8.55. The molecule has 35 heavy (non-hydrogen) atoms. The zero-order valence-electron chi connectivity index (χ0n) is 19.7. The molecule has 0 aromatic heterocycles. The molecule has 0 heterocycles. The maximum absolute atomic E-state index is 14.5. The highest BCUT2D eigenvalue weighted by Crippen LogP contribution is 2.22. The van der Waals surface area contributed by atoms with Crippen LogP contribution in [0.15, 0.2) is 72.8 Å². The molecule has 0 spiro atoms. The van der Waals surface area contributed by atoms with E-state index in [1.165, 1.54) is 6.07 Å². The van der Waals surface area contributed by atoms with Crippen molar-refractivity contribution >= 4 is 10.8 Å². The van der Waals surface area contributed by atoms with Gasteiger partial charge in [0.1, 0.15) is 11.6 Å². The van der Waals surface area contributed by atoms with Crippen molar-refractivity contribution in [1.82, 2.24) is 0 Å². The van der Waals surface area contributed by atoms with E-state index in [4.69, 9.17) is 4.74 Å². The van der Waals surface area contributed by atoms with E-state index in [1.54, 1.807) is 30.3 Å². The van der Waals surface area contributed by atoms with Crippen LogP contribution in [0.5, 0.6) is 5.75 Å². The van der Waals surface area contributed by atoms with Crippen LogP contribution in [0.4, 0.5) is 13.2 Å². The van der Waals surface area contributed by atoms with Gasteiger partial charge in [-0.15, -0.1) is 0 Å². The molecule has 0 bridgehead atoms. The quantitative estimate of drug-likeness (QED) is 0.186. The number of benzene rings is 4. The first-order valence-electron chi connectivity index (χ1n) is 11.9. The molecule has 0 saturated heterocycles. The van der Waals surface area contributed by atoms with Crippen LogP contribution in [0.2, 0.25) is 0 Å². The van der Waals surface area contributed by atoms with Gasteiger partial charge in [-0.3, -0.25) is 0 Å². The molecule has 1 nitrogen and oxygen atoms in total. The fraction of sp³-hybridized carbons (Fsp3) is 0.226. The number of halogens is 3. The molecule has 0 N–H and O–H groups in total. The summed E-state index contributed by atoms with van der Waals surface area (Å²) >= 11 is 0.